The monoisotopic (exact) mass is 362 g/mol. The molecule has 0 saturated carbocycles. The van der Waals surface area contributed by atoms with E-state index in [9.17, 15) is 4.79 Å². The van der Waals surface area contributed by atoms with Gasteiger partial charge in [0.15, 0.2) is 0 Å². The molecule has 3 aromatic rings. The van der Waals surface area contributed by atoms with Crippen LogP contribution in [0.25, 0.3) is 0 Å². The van der Waals surface area contributed by atoms with E-state index < -0.39 is 5.41 Å². The van der Waals surface area contributed by atoms with Gasteiger partial charge in [0, 0.05) is 6.04 Å². The molecule has 1 heterocycles. The third kappa shape index (κ3) is 2.92. The van der Waals surface area contributed by atoms with Gasteiger partial charge in [-0.1, -0.05) is 47.5 Å². The lowest BCUT2D eigenvalue weighted by molar-refractivity contribution is 0.476. The highest BCUT2D eigenvalue weighted by Gasteiger charge is 2.44. The first-order valence-electron chi connectivity index (χ1n) is 9.51. The minimum Gasteiger partial charge on any atom is -0.328 e. The van der Waals surface area contributed by atoms with Crippen molar-refractivity contribution in [3.8, 4) is 0 Å². The molecule has 0 saturated heterocycles. The first-order valence-corrected chi connectivity index (χ1v) is 9.51. The number of aryl methyl sites for hydroxylation is 4. The maximum absolute atomic E-state index is 12.0. The summed E-state index contributed by atoms with van der Waals surface area (Å²) in [5.41, 5.74) is 12.9. The van der Waals surface area contributed by atoms with Crippen LogP contribution >= 0.6 is 0 Å². The Labute approximate surface area is 159 Å². The average molecular weight is 362 g/mol. The van der Waals surface area contributed by atoms with Crippen molar-refractivity contribution in [1.82, 2.24) is 15.2 Å². The summed E-state index contributed by atoms with van der Waals surface area (Å²) in [5.74, 6) is 0.641. The Hall–Kier alpha value is -2.66. The Morgan fingerprint density at radius 2 is 1.63 bits per heavy atom. The highest BCUT2D eigenvalue weighted by atomic mass is 16.1. The Kier molecular flexibility index (Phi) is 4.27. The van der Waals surface area contributed by atoms with Crippen LogP contribution in [0.1, 0.15) is 52.5 Å². The Balaban J connectivity index is 2.12. The molecule has 2 aromatic carbocycles. The van der Waals surface area contributed by atoms with E-state index in [0.717, 1.165) is 12.8 Å². The van der Waals surface area contributed by atoms with Crippen LogP contribution < -0.4 is 11.4 Å². The van der Waals surface area contributed by atoms with Gasteiger partial charge in [-0.25, -0.2) is 9.89 Å². The van der Waals surface area contributed by atoms with Crippen LogP contribution in [-0.2, 0) is 18.3 Å². The van der Waals surface area contributed by atoms with Crippen LogP contribution in [0, 0.1) is 13.8 Å². The number of H-pyrrole nitrogens is 2. The van der Waals surface area contributed by atoms with Gasteiger partial charge in [0.1, 0.15) is 5.82 Å². The largest absolute Gasteiger partial charge is 0.340 e. The van der Waals surface area contributed by atoms with Crippen molar-refractivity contribution in [2.45, 2.75) is 51.5 Å². The Morgan fingerprint density at radius 1 is 1.07 bits per heavy atom. The van der Waals surface area contributed by atoms with Crippen molar-refractivity contribution < 1.29 is 0 Å². The van der Waals surface area contributed by atoms with Crippen LogP contribution in [0.5, 0.6) is 0 Å². The Morgan fingerprint density at radius 3 is 2.07 bits per heavy atom. The fraction of sp³-hybridized carbons (Fsp3) is 0.364. The number of hydrogen-bond donors (Lipinski definition) is 3. The van der Waals surface area contributed by atoms with Gasteiger partial charge in [0.2, 0.25) is 0 Å². The van der Waals surface area contributed by atoms with Crippen molar-refractivity contribution in [3.63, 3.8) is 0 Å². The average Bonchev–Trinajstić information content (AvgIpc) is 3.00. The maximum atomic E-state index is 12.0. The third-order valence-electron chi connectivity index (χ3n) is 5.64. The summed E-state index contributed by atoms with van der Waals surface area (Å²) in [7, 11) is 0. The minimum absolute atomic E-state index is 0.0633. The van der Waals surface area contributed by atoms with Gasteiger partial charge < -0.3 is 5.73 Å². The molecule has 1 aliphatic rings. The zero-order valence-corrected chi connectivity index (χ0v) is 16.1. The molecule has 0 spiro atoms. The topological polar surface area (TPSA) is 87.6 Å². The fourth-order valence-electron chi connectivity index (χ4n) is 4.63. The fourth-order valence-corrected chi connectivity index (χ4v) is 4.63. The van der Waals surface area contributed by atoms with Gasteiger partial charge in [0.25, 0.3) is 0 Å². The predicted molar refractivity (Wildman–Crippen MR) is 107 cm³/mol. The second kappa shape index (κ2) is 6.50. The molecule has 140 valence electrons. The number of fused-ring (bicyclic) bond motifs is 2. The molecule has 27 heavy (non-hydrogen) atoms. The molecule has 4 rings (SSSR count). The van der Waals surface area contributed by atoms with Crippen molar-refractivity contribution in [3.05, 3.63) is 86.1 Å². The van der Waals surface area contributed by atoms with Crippen molar-refractivity contribution >= 4 is 0 Å². The van der Waals surface area contributed by atoms with E-state index in [0.29, 0.717) is 12.2 Å². The number of rotatable bonds is 3. The van der Waals surface area contributed by atoms with Crippen LogP contribution in [0.15, 0.2) is 41.2 Å². The van der Waals surface area contributed by atoms with E-state index in [4.69, 9.17) is 5.73 Å². The van der Waals surface area contributed by atoms with Crippen LogP contribution in [-0.4, -0.2) is 21.2 Å². The highest BCUT2D eigenvalue weighted by molar-refractivity contribution is 5.55. The second-order valence-corrected chi connectivity index (χ2v) is 7.93. The number of nitrogens with one attached hydrogen (secondary N) is 2. The van der Waals surface area contributed by atoms with Gasteiger partial charge >= 0.3 is 5.69 Å². The predicted octanol–water partition coefficient (Wildman–Crippen LogP) is 2.89. The highest BCUT2D eigenvalue weighted by Crippen LogP contribution is 2.46. The number of benzene rings is 2. The number of aromatic amines is 2. The molecule has 5 heteroatoms. The number of nitrogens with two attached hydrogens (primary N) is 1. The van der Waals surface area contributed by atoms with E-state index >= 15 is 0 Å². The molecule has 0 radical (unpaired) electrons. The SMILES string of the molecule is Cc1ccc2c(c1)CCc1cc(C)ccc1C2(CC(C)N)c1n[nH]c(=O)[nH]1. The summed E-state index contributed by atoms with van der Waals surface area (Å²) >= 11 is 0. The molecule has 1 aliphatic carbocycles. The summed E-state index contributed by atoms with van der Waals surface area (Å²) < 4.78 is 0. The molecule has 1 atom stereocenters. The normalized spacial score (nSPS) is 16.3. The van der Waals surface area contributed by atoms with Crippen LogP contribution in [0.3, 0.4) is 0 Å². The summed E-state index contributed by atoms with van der Waals surface area (Å²) in [6.07, 6.45) is 2.59. The first-order chi connectivity index (χ1) is 12.9. The number of aromatic nitrogens is 3. The Bertz CT molecular complexity index is 991. The lowest BCUT2D eigenvalue weighted by atomic mass is 9.68. The lowest BCUT2D eigenvalue weighted by Crippen LogP contribution is -2.38. The van der Waals surface area contributed by atoms with Gasteiger partial charge in [-0.15, -0.1) is 0 Å². The van der Waals surface area contributed by atoms with Gasteiger partial charge in [-0.3, -0.25) is 4.98 Å². The molecule has 0 fully saturated rings. The summed E-state index contributed by atoms with van der Waals surface area (Å²) in [4.78, 5) is 14.9. The molecule has 0 amide bonds. The van der Waals surface area contributed by atoms with Crippen molar-refractivity contribution in [1.29, 1.82) is 0 Å². The molecular formula is C22H26N4O. The van der Waals surface area contributed by atoms with Crippen molar-refractivity contribution in [2.24, 2.45) is 5.73 Å². The van der Waals surface area contributed by atoms with E-state index in [1.807, 2.05) is 6.92 Å². The quantitative estimate of drug-likeness (QED) is 0.669. The summed E-state index contributed by atoms with van der Waals surface area (Å²) in [6, 6.07) is 13.1. The molecule has 0 aliphatic heterocycles. The zero-order chi connectivity index (χ0) is 19.2. The lowest BCUT2D eigenvalue weighted by Gasteiger charge is -2.36. The van der Waals surface area contributed by atoms with E-state index in [-0.39, 0.29) is 11.7 Å². The third-order valence-corrected chi connectivity index (χ3v) is 5.64. The van der Waals surface area contributed by atoms with Crippen LogP contribution in [0.4, 0.5) is 0 Å². The maximum Gasteiger partial charge on any atom is 0.340 e. The van der Waals surface area contributed by atoms with E-state index in [2.05, 4.69) is 65.4 Å². The standard InChI is InChI=1S/C22H26N4O/c1-13-4-8-18-16(10-13)6-7-17-11-14(2)5-9-19(17)22(18,12-15(3)23)20-24-21(27)26-25-20/h4-5,8-11,15H,6-7,12,23H2,1-3H3,(H2,24,25,26,27). The summed E-state index contributed by atoms with van der Waals surface area (Å²) in [6.45, 7) is 6.25. The molecule has 4 N–H and O–H groups in total. The minimum atomic E-state index is -0.574. The van der Waals surface area contributed by atoms with Gasteiger partial charge in [-0.05, 0) is 62.3 Å². The van der Waals surface area contributed by atoms with Crippen LogP contribution in [0.2, 0.25) is 0 Å². The molecule has 1 unspecified atom stereocenters. The molecule has 1 aromatic heterocycles. The van der Waals surface area contributed by atoms with E-state index in [1.165, 1.54) is 33.4 Å². The zero-order valence-electron chi connectivity index (χ0n) is 16.1. The van der Waals surface area contributed by atoms with Crippen molar-refractivity contribution in [2.75, 3.05) is 0 Å². The molecule has 0 bridgehead atoms. The molecular weight excluding hydrogens is 336 g/mol. The second-order valence-electron chi connectivity index (χ2n) is 7.93. The van der Waals surface area contributed by atoms with E-state index in [1.54, 1.807) is 0 Å². The first kappa shape index (κ1) is 17.7. The van der Waals surface area contributed by atoms with Gasteiger partial charge in [-0.2, -0.15) is 5.10 Å². The number of nitrogens with zero attached hydrogens (tertiary/aromatic N) is 1. The summed E-state index contributed by atoms with van der Waals surface area (Å²) in [5, 5.41) is 6.97. The smallest absolute Gasteiger partial charge is 0.328 e. The molecule has 5 nitrogen and oxygen atoms in total. The number of hydrogen-bond acceptors (Lipinski definition) is 3. The van der Waals surface area contributed by atoms with Gasteiger partial charge in [0.05, 0.1) is 5.41 Å².